The number of nitrogens with one attached hydrogen (secondary N) is 1. The zero-order valence-corrected chi connectivity index (χ0v) is 8.40. The lowest BCUT2D eigenvalue weighted by molar-refractivity contribution is -0.134. The van der Waals surface area contributed by atoms with Crippen LogP contribution in [0.3, 0.4) is 0 Å². The molecule has 0 aromatic carbocycles. The van der Waals surface area contributed by atoms with Gasteiger partial charge in [-0.25, -0.2) is 9.59 Å². The molecule has 0 bridgehead atoms. The molecular weight excluding hydrogens is 198 g/mol. The van der Waals surface area contributed by atoms with Crippen molar-refractivity contribution < 1.29 is 19.8 Å². The fourth-order valence-electron chi connectivity index (χ4n) is 0.960. The summed E-state index contributed by atoms with van der Waals surface area (Å²) in [6, 6.07) is 0. The van der Waals surface area contributed by atoms with Crippen molar-refractivity contribution in [3.05, 3.63) is 24.4 Å². The Hall–Kier alpha value is -1.78. The van der Waals surface area contributed by atoms with Crippen molar-refractivity contribution >= 4 is 11.9 Å². The zero-order chi connectivity index (χ0) is 11.7. The first-order valence-electron chi connectivity index (χ1n) is 4.58. The van der Waals surface area contributed by atoms with Gasteiger partial charge in [-0.2, -0.15) is 0 Å². The third-order valence-corrected chi connectivity index (χ3v) is 1.65. The summed E-state index contributed by atoms with van der Waals surface area (Å²) in [7, 11) is 0. The van der Waals surface area contributed by atoms with E-state index >= 15 is 0 Å². The van der Waals surface area contributed by atoms with E-state index in [1.54, 1.807) is 0 Å². The molecule has 1 heterocycles. The predicted molar refractivity (Wildman–Crippen MR) is 55.4 cm³/mol. The quantitative estimate of drug-likeness (QED) is 0.595. The molecule has 0 atom stereocenters. The molecule has 84 valence electrons. The van der Waals surface area contributed by atoms with Gasteiger partial charge < -0.3 is 15.5 Å². The number of carbonyl (C=O) groups is 2. The van der Waals surface area contributed by atoms with Crippen molar-refractivity contribution in [2.45, 2.75) is 19.3 Å². The Morgan fingerprint density at radius 2 is 1.73 bits per heavy atom. The van der Waals surface area contributed by atoms with E-state index in [-0.39, 0.29) is 0 Å². The summed E-state index contributed by atoms with van der Waals surface area (Å²) in [6.45, 7) is 4.94. The van der Waals surface area contributed by atoms with E-state index < -0.39 is 11.9 Å². The van der Waals surface area contributed by atoms with Crippen LogP contribution in [0.25, 0.3) is 0 Å². The Morgan fingerprint density at radius 1 is 1.20 bits per heavy atom. The molecular formula is C10H15NO4. The highest BCUT2D eigenvalue weighted by atomic mass is 16.4. The number of carboxylic acids is 2. The maximum Gasteiger partial charge on any atom is 0.328 e. The van der Waals surface area contributed by atoms with Gasteiger partial charge in [-0.1, -0.05) is 6.58 Å². The van der Waals surface area contributed by atoms with Crippen LogP contribution in [0.5, 0.6) is 0 Å². The minimum atomic E-state index is -1.26. The van der Waals surface area contributed by atoms with Crippen LogP contribution in [0.15, 0.2) is 24.4 Å². The predicted octanol–water partition coefficient (Wildman–Crippen LogP) is 0.985. The number of aliphatic carboxylic acids is 2. The molecule has 0 aromatic heterocycles. The number of allylic oxidation sites excluding steroid dienone is 1. The molecule has 1 aliphatic rings. The SMILES string of the molecule is C=C1CCCCN1.O=C(O)/C=C\C(=O)O. The van der Waals surface area contributed by atoms with Crippen LogP contribution in [0.2, 0.25) is 0 Å². The van der Waals surface area contributed by atoms with Crippen molar-refractivity contribution in [2.75, 3.05) is 6.54 Å². The molecule has 0 radical (unpaired) electrons. The summed E-state index contributed by atoms with van der Waals surface area (Å²) in [4.78, 5) is 19.1. The summed E-state index contributed by atoms with van der Waals surface area (Å²) in [5, 5.41) is 18.8. The van der Waals surface area contributed by atoms with E-state index in [1.165, 1.54) is 25.0 Å². The first-order valence-corrected chi connectivity index (χ1v) is 4.58. The largest absolute Gasteiger partial charge is 0.478 e. The number of carboxylic acid groups (broad SMARTS) is 2. The minimum absolute atomic E-state index is 0.558. The maximum absolute atomic E-state index is 9.55. The third-order valence-electron chi connectivity index (χ3n) is 1.65. The van der Waals surface area contributed by atoms with E-state index in [0.717, 1.165) is 6.54 Å². The van der Waals surface area contributed by atoms with Crippen LogP contribution in [-0.2, 0) is 9.59 Å². The van der Waals surface area contributed by atoms with Crippen LogP contribution >= 0.6 is 0 Å². The number of hydrogen-bond donors (Lipinski definition) is 3. The van der Waals surface area contributed by atoms with Crippen LogP contribution < -0.4 is 5.32 Å². The lowest BCUT2D eigenvalue weighted by atomic mass is 10.1. The maximum atomic E-state index is 9.55. The molecule has 3 N–H and O–H groups in total. The number of piperidine rings is 1. The Balaban J connectivity index is 0.000000262. The summed E-state index contributed by atoms with van der Waals surface area (Å²) in [6.07, 6.45) is 4.94. The monoisotopic (exact) mass is 213 g/mol. The van der Waals surface area contributed by atoms with Crippen molar-refractivity contribution in [3.63, 3.8) is 0 Å². The van der Waals surface area contributed by atoms with Gasteiger partial charge in [0.1, 0.15) is 0 Å². The van der Waals surface area contributed by atoms with E-state index in [9.17, 15) is 9.59 Å². The lowest BCUT2D eigenvalue weighted by Gasteiger charge is -2.13. The summed E-state index contributed by atoms with van der Waals surface area (Å²) in [5.74, 6) is -2.51. The van der Waals surface area contributed by atoms with Crippen molar-refractivity contribution in [1.29, 1.82) is 0 Å². The standard InChI is InChI=1S/C6H11N.C4H4O4/c1-6-4-2-3-5-7-6;5-3(6)1-2-4(7)8/h7H,1-5H2;1-2H,(H,5,6)(H,7,8)/b;2-1-. The molecule has 5 heteroatoms. The van der Waals surface area contributed by atoms with Gasteiger partial charge in [-0.15, -0.1) is 0 Å². The lowest BCUT2D eigenvalue weighted by Crippen LogP contribution is -2.18. The van der Waals surface area contributed by atoms with Gasteiger partial charge in [0.2, 0.25) is 0 Å². The van der Waals surface area contributed by atoms with Crippen LogP contribution in [0, 0.1) is 0 Å². The molecule has 15 heavy (non-hydrogen) atoms. The van der Waals surface area contributed by atoms with Crippen molar-refractivity contribution in [1.82, 2.24) is 5.32 Å². The summed E-state index contributed by atoms with van der Waals surface area (Å²) in [5.41, 5.74) is 1.21. The van der Waals surface area contributed by atoms with Crippen molar-refractivity contribution in [2.24, 2.45) is 0 Å². The topological polar surface area (TPSA) is 86.6 Å². The molecule has 0 aliphatic carbocycles. The van der Waals surface area contributed by atoms with E-state index in [1.807, 2.05) is 0 Å². The van der Waals surface area contributed by atoms with Gasteiger partial charge in [-0.3, -0.25) is 0 Å². The minimum Gasteiger partial charge on any atom is -0.478 e. The first-order chi connectivity index (χ1) is 7.02. The van der Waals surface area contributed by atoms with E-state index in [4.69, 9.17) is 10.2 Å². The molecule has 0 amide bonds. The molecule has 0 aromatic rings. The van der Waals surface area contributed by atoms with Gasteiger partial charge in [-0.05, 0) is 19.3 Å². The van der Waals surface area contributed by atoms with Gasteiger partial charge >= 0.3 is 11.9 Å². The molecule has 1 fully saturated rings. The molecule has 1 aliphatic heterocycles. The van der Waals surface area contributed by atoms with E-state index in [2.05, 4.69) is 11.9 Å². The fourth-order valence-corrected chi connectivity index (χ4v) is 0.960. The van der Waals surface area contributed by atoms with E-state index in [0.29, 0.717) is 12.2 Å². The number of rotatable bonds is 2. The highest BCUT2D eigenvalue weighted by Crippen LogP contribution is 2.06. The van der Waals surface area contributed by atoms with Crippen LogP contribution in [-0.4, -0.2) is 28.7 Å². The molecule has 0 saturated carbocycles. The van der Waals surface area contributed by atoms with Gasteiger partial charge in [0, 0.05) is 24.4 Å². The van der Waals surface area contributed by atoms with Gasteiger partial charge in [0.15, 0.2) is 0 Å². The van der Waals surface area contributed by atoms with Gasteiger partial charge in [0.25, 0.3) is 0 Å². The number of hydrogen-bond acceptors (Lipinski definition) is 3. The smallest absolute Gasteiger partial charge is 0.328 e. The Bertz CT molecular complexity index is 247. The average Bonchev–Trinajstić information content (AvgIpc) is 2.17. The zero-order valence-electron chi connectivity index (χ0n) is 8.40. The molecule has 0 unspecified atom stereocenters. The molecule has 0 spiro atoms. The molecule has 1 rings (SSSR count). The van der Waals surface area contributed by atoms with Crippen LogP contribution in [0.1, 0.15) is 19.3 Å². The second kappa shape index (κ2) is 7.61. The Morgan fingerprint density at radius 3 is 1.93 bits per heavy atom. The normalized spacial score (nSPS) is 15.1. The average molecular weight is 213 g/mol. The Labute approximate surface area is 88.1 Å². The van der Waals surface area contributed by atoms with Crippen molar-refractivity contribution in [3.8, 4) is 0 Å². The Kier molecular flexibility index (Phi) is 6.70. The second-order valence-corrected chi connectivity index (χ2v) is 3.00. The second-order valence-electron chi connectivity index (χ2n) is 3.00. The highest BCUT2D eigenvalue weighted by Gasteiger charge is 1.98. The fraction of sp³-hybridized carbons (Fsp3) is 0.400. The highest BCUT2D eigenvalue weighted by molar-refractivity contribution is 5.89. The molecule has 1 saturated heterocycles. The summed E-state index contributed by atoms with van der Waals surface area (Å²) < 4.78 is 0. The first kappa shape index (κ1) is 13.2. The summed E-state index contributed by atoms with van der Waals surface area (Å²) >= 11 is 0. The third kappa shape index (κ3) is 10.1. The molecule has 5 nitrogen and oxygen atoms in total. The van der Waals surface area contributed by atoms with Crippen LogP contribution in [0.4, 0.5) is 0 Å². The van der Waals surface area contributed by atoms with Gasteiger partial charge in [0.05, 0.1) is 0 Å².